The molecule has 4 heteroatoms. The zero-order valence-corrected chi connectivity index (χ0v) is 15.9. The summed E-state index contributed by atoms with van der Waals surface area (Å²) in [7, 11) is 0. The molecular weight excluding hydrogens is 348 g/mol. The fourth-order valence-corrected chi connectivity index (χ4v) is 3.86. The summed E-state index contributed by atoms with van der Waals surface area (Å²) in [6.45, 7) is 1.58. The summed E-state index contributed by atoms with van der Waals surface area (Å²) in [5, 5.41) is 5.16. The van der Waals surface area contributed by atoms with Crippen molar-refractivity contribution in [3.63, 3.8) is 0 Å². The molecule has 0 radical (unpaired) electrons. The Morgan fingerprint density at radius 2 is 1.54 bits per heavy atom. The van der Waals surface area contributed by atoms with Crippen LogP contribution in [0.2, 0.25) is 0 Å². The number of likely N-dealkylation sites (tertiary alicyclic amines) is 1. The molecule has 28 heavy (non-hydrogen) atoms. The summed E-state index contributed by atoms with van der Waals surface area (Å²) in [4.78, 5) is 27.5. The minimum atomic E-state index is -0.116. The summed E-state index contributed by atoms with van der Waals surface area (Å²) in [5.41, 5.74) is 2.13. The minimum absolute atomic E-state index is 0.000705. The molecule has 1 N–H and O–H groups in total. The van der Waals surface area contributed by atoms with Crippen molar-refractivity contribution in [1.29, 1.82) is 0 Å². The number of benzene rings is 3. The van der Waals surface area contributed by atoms with Crippen molar-refractivity contribution in [3.05, 3.63) is 77.9 Å². The molecule has 1 heterocycles. The molecule has 3 aromatic carbocycles. The molecule has 0 aliphatic carbocycles. The van der Waals surface area contributed by atoms with Gasteiger partial charge < -0.3 is 10.2 Å². The normalized spacial score (nSPS) is 14.1. The van der Waals surface area contributed by atoms with E-state index in [0.717, 1.165) is 42.3 Å². The molecule has 1 fully saturated rings. The van der Waals surface area contributed by atoms with Gasteiger partial charge in [-0.1, -0.05) is 54.6 Å². The first kappa shape index (κ1) is 18.2. The second-order valence-corrected chi connectivity index (χ2v) is 7.26. The summed E-state index contributed by atoms with van der Waals surface area (Å²) in [5.74, 6) is -0.115. The molecule has 3 aromatic rings. The zero-order valence-electron chi connectivity index (χ0n) is 15.9. The lowest BCUT2D eigenvalue weighted by Crippen LogP contribution is -2.36. The quantitative estimate of drug-likeness (QED) is 0.725. The molecule has 0 unspecified atom stereocenters. The van der Waals surface area contributed by atoms with Gasteiger partial charge in [-0.25, -0.2) is 0 Å². The van der Waals surface area contributed by atoms with Crippen LogP contribution >= 0.6 is 0 Å². The Bertz CT molecular complexity index is 1000. The lowest BCUT2D eigenvalue weighted by Gasteiger charge is -2.27. The van der Waals surface area contributed by atoms with Gasteiger partial charge in [0.15, 0.2) is 0 Å². The molecule has 0 spiro atoms. The monoisotopic (exact) mass is 372 g/mol. The molecule has 1 saturated heterocycles. The molecule has 2 amide bonds. The highest BCUT2D eigenvalue weighted by molar-refractivity contribution is 6.04. The predicted molar refractivity (Wildman–Crippen MR) is 112 cm³/mol. The molecule has 4 nitrogen and oxygen atoms in total. The zero-order chi connectivity index (χ0) is 19.3. The van der Waals surface area contributed by atoms with E-state index in [0.29, 0.717) is 11.3 Å². The summed E-state index contributed by atoms with van der Waals surface area (Å²) >= 11 is 0. The Balaban J connectivity index is 1.52. The van der Waals surface area contributed by atoms with Crippen molar-refractivity contribution in [2.45, 2.75) is 25.7 Å². The van der Waals surface area contributed by atoms with E-state index in [4.69, 9.17) is 0 Å². The standard InChI is InChI=1S/C24H24N2O2/c27-23(17-19-11-8-10-18-9-2-3-12-20(18)19)25-22-14-5-4-13-21(22)24(28)26-15-6-1-7-16-26/h2-5,8-14H,1,6-7,15-17H2,(H,25,27). The highest BCUT2D eigenvalue weighted by atomic mass is 16.2. The second kappa shape index (κ2) is 8.26. The van der Waals surface area contributed by atoms with Crippen LogP contribution in [0.15, 0.2) is 66.7 Å². The molecular formula is C24H24N2O2. The van der Waals surface area contributed by atoms with E-state index in [2.05, 4.69) is 5.32 Å². The van der Waals surface area contributed by atoms with E-state index in [1.807, 2.05) is 59.5 Å². The molecule has 1 aliphatic heterocycles. The third kappa shape index (κ3) is 3.91. The van der Waals surface area contributed by atoms with Crippen LogP contribution in [-0.2, 0) is 11.2 Å². The average molecular weight is 372 g/mol. The Morgan fingerprint density at radius 1 is 0.821 bits per heavy atom. The van der Waals surface area contributed by atoms with Gasteiger partial charge in [0, 0.05) is 13.1 Å². The van der Waals surface area contributed by atoms with Gasteiger partial charge in [0.1, 0.15) is 0 Å². The fraction of sp³-hybridized carbons (Fsp3) is 0.250. The number of hydrogen-bond donors (Lipinski definition) is 1. The van der Waals surface area contributed by atoms with E-state index in [1.165, 1.54) is 6.42 Å². The van der Waals surface area contributed by atoms with Crippen LogP contribution < -0.4 is 5.32 Å². The molecule has 4 rings (SSSR count). The van der Waals surface area contributed by atoms with Gasteiger partial charge in [-0.15, -0.1) is 0 Å². The van der Waals surface area contributed by atoms with Crippen LogP contribution in [-0.4, -0.2) is 29.8 Å². The second-order valence-electron chi connectivity index (χ2n) is 7.26. The van der Waals surface area contributed by atoms with Gasteiger partial charge in [0.2, 0.25) is 5.91 Å². The third-order valence-corrected chi connectivity index (χ3v) is 5.31. The van der Waals surface area contributed by atoms with Crippen LogP contribution in [0.5, 0.6) is 0 Å². The van der Waals surface area contributed by atoms with Crippen LogP contribution in [0, 0.1) is 0 Å². The van der Waals surface area contributed by atoms with E-state index in [9.17, 15) is 9.59 Å². The fourth-order valence-electron chi connectivity index (χ4n) is 3.86. The number of rotatable bonds is 4. The lowest BCUT2D eigenvalue weighted by atomic mass is 10.0. The first-order valence-electron chi connectivity index (χ1n) is 9.87. The maximum Gasteiger partial charge on any atom is 0.255 e. The van der Waals surface area contributed by atoms with Crippen LogP contribution in [0.1, 0.15) is 35.2 Å². The summed E-state index contributed by atoms with van der Waals surface area (Å²) in [6.07, 6.45) is 3.53. The number of hydrogen-bond acceptors (Lipinski definition) is 2. The van der Waals surface area contributed by atoms with E-state index < -0.39 is 0 Å². The maximum absolute atomic E-state index is 12.9. The van der Waals surface area contributed by atoms with Crippen molar-refractivity contribution in [2.24, 2.45) is 0 Å². The number of fused-ring (bicyclic) bond motifs is 1. The highest BCUT2D eigenvalue weighted by Crippen LogP contribution is 2.22. The van der Waals surface area contributed by atoms with Crippen molar-refractivity contribution in [2.75, 3.05) is 18.4 Å². The number of amides is 2. The maximum atomic E-state index is 12.9. The van der Waals surface area contributed by atoms with Crippen molar-refractivity contribution < 1.29 is 9.59 Å². The van der Waals surface area contributed by atoms with Crippen molar-refractivity contribution >= 4 is 28.3 Å². The van der Waals surface area contributed by atoms with Crippen LogP contribution in [0.4, 0.5) is 5.69 Å². The van der Waals surface area contributed by atoms with Gasteiger partial charge >= 0.3 is 0 Å². The van der Waals surface area contributed by atoms with Crippen LogP contribution in [0.25, 0.3) is 10.8 Å². The lowest BCUT2D eigenvalue weighted by molar-refractivity contribution is -0.115. The summed E-state index contributed by atoms with van der Waals surface area (Å²) < 4.78 is 0. The SMILES string of the molecule is O=C(Cc1cccc2ccccc12)Nc1ccccc1C(=O)N1CCCCC1. The van der Waals surface area contributed by atoms with Crippen molar-refractivity contribution in [3.8, 4) is 0 Å². The Hall–Kier alpha value is -3.14. The van der Waals surface area contributed by atoms with Gasteiger partial charge in [0.25, 0.3) is 5.91 Å². The van der Waals surface area contributed by atoms with Gasteiger partial charge in [-0.3, -0.25) is 9.59 Å². The first-order chi connectivity index (χ1) is 13.7. The number of piperidine rings is 1. The Labute approximate surface area is 165 Å². The number of para-hydroxylation sites is 1. The predicted octanol–water partition coefficient (Wildman–Crippen LogP) is 4.65. The van der Waals surface area contributed by atoms with Crippen molar-refractivity contribution in [1.82, 2.24) is 4.90 Å². The smallest absolute Gasteiger partial charge is 0.255 e. The van der Waals surface area contributed by atoms with E-state index in [1.54, 1.807) is 12.1 Å². The third-order valence-electron chi connectivity index (χ3n) is 5.31. The Kier molecular flexibility index (Phi) is 5.38. The largest absolute Gasteiger partial charge is 0.339 e. The molecule has 1 aliphatic rings. The summed E-state index contributed by atoms with van der Waals surface area (Å²) in [6, 6.07) is 21.3. The number of anilines is 1. The van der Waals surface area contributed by atoms with E-state index in [-0.39, 0.29) is 18.2 Å². The van der Waals surface area contributed by atoms with Gasteiger partial charge in [-0.2, -0.15) is 0 Å². The molecule has 0 bridgehead atoms. The number of carbonyl (C=O) groups is 2. The average Bonchev–Trinajstić information content (AvgIpc) is 2.74. The first-order valence-corrected chi connectivity index (χ1v) is 9.87. The molecule has 142 valence electrons. The van der Waals surface area contributed by atoms with Gasteiger partial charge in [0.05, 0.1) is 17.7 Å². The van der Waals surface area contributed by atoms with E-state index >= 15 is 0 Å². The molecule has 0 atom stereocenters. The minimum Gasteiger partial charge on any atom is -0.339 e. The van der Waals surface area contributed by atoms with Crippen LogP contribution in [0.3, 0.4) is 0 Å². The highest BCUT2D eigenvalue weighted by Gasteiger charge is 2.21. The number of nitrogens with zero attached hydrogens (tertiary/aromatic N) is 1. The van der Waals surface area contributed by atoms with Gasteiger partial charge in [-0.05, 0) is 47.7 Å². The topological polar surface area (TPSA) is 49.4 Å². The Morgan fingerprint density at radius 3 is 2.39 bits per heavy atom. The molecule has 0 aromatic heterocycles. The number of carbonyl (C=O) groups excluding carboxylic acids is 2. The number of nitrogens with one attached hydrogen (secondary N) is 1. The molecule has 0 saturated carbocycles.